The molecule has 0 fully saturated rings. The number of carbonyl (C=O) groups excluding carboxylic acids is 1. The van der Waals surface area contributed by atoms with Gasteiger partial charge in [0.25, 0.3) is 11.4 Å². The number of H-pyrrole nitrogens is 1. The minimum absolute atomic E-state index is 0. The van der Waals surface area contributed by atoms with Crippen molar-refractivity contribution < 1.29 is 45.2 Å². The van der Waals surface area contributed by atoms with Crippen molar-refractivity contribution in [3.8, 4) is 5.75 Å². The molecule has 0 aliphatic carbocycles. The number of aromatic nitrogens is 1. The molecule has 1 aliphatic rings. The lowest BCUT2D eigenvalue weighted by Gasteiger charge is -2.31. The van der Waals surface area contributed by atoms with Crippen molar-refractivity contribution in [2.75, 3.05) is 7.11 Å². The van der Waals surface area contributed by atoms with Gasteiger partial charge in [-0.3, -0.25) is 4.79 Å². The second-order valence-corrected chi connectivity index (χ2v) is 5.66. The first-order valence-electron chi connectivity index (χ1n) is 7.58. The zero-order valence-corrected chi connectivity index (χ0v) is 14.8. The second-order valence-electron chi connectivity index (χ2n) is 5.66. The molecule has 1 aromatic carbocycles. The minimum Gasteiger partial charge on any atom is -1.00 e. The van der Waals surface area contributed by atoms with Crippen LogP contribution >= 0.6 is 0 Å². The van der Waals surface area contributed by atoms with Crippen molar-refractivity contribution in [3.63, 3.8) is 0 Å². The summed E-state index contributed by atoms with van der Waals surface area (Å²) in [6.07, 6.45) is -4.57. The summed E-state index contributed by atoms with van der Waals surface area (Å²) >= 11 is 0. The molecule has 2 aromatic rings. The smallest absolute Gasteiger partial charge is 0.438 e. The van der Waals surface area contributed by atoms with Gasteiger partial charge in [0.2, 0.25) is 0 Å². The molecule has 1 atom stereocenters. The van der Waals surface area contributed by atoms with E-state index >= 15 is 0 Å². The van der Waals surface area contributed by atoms with E-state index in [4.69, 9.17) is 4.74 Å². The van der Waals surface area contributed by atoms with Crippen molar-refractivity contribution >= 4 is 11.6 Å². The van der Waals surface area contributed by atoms with Gasteiger partial charge in [-0.25, -0.2) is 4.98 Å². The lowest BCUT2D eigenvalue weighted by Crippen LogP contribution is -3.00. The van der Waals surface area contributed by atoms with E-state index < -0.39 is 24.2 Å². The first-order valence-corrected chi connectivity index (χ1v) is 7.58. The van der Waals surface area contributed by atoms with Gasteiger partial charge in [0, 0.05) is 12.1 Å². The van der Waals surface area contributed by atoms with Crippen LogP contribution in [-0.4, -0.2) is 40.7 Å². The van der Waals surface area contributed by atoms with E-state index in [0.29, 0.717) is 11.3 Å². The first-order chi connectivity index (χ1) is 12.3. The number of rotatable bonds is 3. The van der Waals surface area contributed by atoms with Crippen LogP contribution in [0, 0.1) is 0 Å². The molecule has 0 bridgehead atoms. The van der Waals surface area contributed by atoms with Crippen LogP contribution in [0.5, 0.6) is 5.75 Å². The molecular formula is C17H15ClF3N3O3. The predicted molar refractivity (Wildman–Crippen MR) is 84.3 cm³/mol. The maximum absolute atomic E-state index is 13.5. The number of amides is 1. The molecule has 144 valence electrons. The van der Waals surface area contributed by atoms with E-state index in [0.717, 1.165) is 0 Å². The van der Waals surface area contributed by atoms with Gasteiger partial charge in [0.15, 0.2) is 6.20 Å². The molecule has 1 aliphatic heterocycles. The average Bonchev–Trinajstić information content (AvgIpc) is 3.01. The fourth-order valence-corrected chi connectivity index (χ4v) is 2.56. The van der Waals surface area contributed by atoms with Gasteiger partial charge in [-0.15, -0.1) is 0 Å². The highest BCUT2D eigenvalue weighted by Crippen LogP contribution is 2.41. The number of ether oxygens (including phenoxy) is 1. The standard InChI is InChI=1S/C17H14F3N3O3.ClH/c1-26-12-7-5-11(6-8-12)14-10-16(25,17(18,19)20)23(22-14)15(24)13-4-2-3-9-21-13;/h2-9,25H,10H2,1H3;1H. The Labute approximate surface area is 158 Å². The summed E-state index contributed by atoms with van der Waals surface area (Å²) in [7, 11) is 1.46. The van der Waals surface area contributed by atoms with E-state index in [1.807, 2.05) is 0 Å². The highest BCUT2D eigenvalue weighted by molar-refractivity contribution is 6.04. The molecule has 1 amide bonds. The molecule has 0 saturated heterocycles. The Morgan fingerprint density at radius 3 is 2.44 bits per heavy atom. The van der Waals surface area contributed by atoms with E-state index in [9.17, 15) is 23.1 Å². The number of benzene rings is 1. The molecule has 0 spiro atoms. The summed E-state index contributed by atoms with van der Waals surface area (Å²) in [4.78, 5) is 15.0. The number of halogens is 4. The minimum atomic E-state index is -5.09. The van der Waals surface area contributed by atoms with Crippen LogP contribution in [0.25, 0.3) is 0 Å². The number of methoxy groups -OCH3 is 1. The van der Waals surface area contributed by atoms with Gasteiger partial charge in [0.1, 0.15) is 5.75 Å². The number of hydrazone groups is 1. The lowest BCUT2D eigenvalue weighted by atomic mass is 10.0. The zero-order valence-electron chi connectivity index (χ0n) is 14.0. The SMILES string of the molecule is COc1ccc(C2=NN(C(=O)c3cccc[nH+]3)C(O)(C(F)(F)F)C2)cc1.[Cl-]. The highest BCUT2D eigenvalue weighted by atomic mass is 35.5. The van der Waals surface area contributed by atoms with Crippen LogP contribution in [0.3, 0.4) is 0 Å². The van der Waals surface area contributed by atoms with Gasteiger partial charge in [-0.2, -0.15) is 23.3 Å². The number of carbonyl (C=O) groups is 1. The summed E-state index contributed by atoms with van der Waals surface area (Å²) in [6, 6.07) is 10.5. The van der Waals surface area contributed by atoms with E-state index in [1.54, 1.807) is 18.2 Å². The lowest BCUT2D eigenvalue weighted by molar-refractivity contribution is -0.384. The molecular weight excluding hydrogens is 387 g/mol. The summed E-state index contributed by atoms with van der Waals surface area (Å²) < 4.78 is 45.6. The largest absolute Gasteiger partial charge is 1.00 e. The summed E-state index contributed by atoms with van der Waals surface area (Å²) in [5.74, 6) is -0.570. The molecule has 0 saturated carbocycles. The molecule has 1 aromatic heterocycles. The van der Waals surface area contributed by atoms with Gasteiger partial charge < -0.3 is 22.3 Å². The summed E-state index contributed by atoms with van der Waals surface area (Å²) in [5.41, 5.74) is -3.27. The third-order valence-corrected chi connectivity index (χ3v) is 3.99. The van der Waals surface area contributed by atoms with Crippen molar-refractivity contribution in [2.45, 2.75) is 18.3 Å². The monoisotopic (exact) mass is 401 g/mol. The second kappa shape index (κ2) is 7.53. The topological polar surface area (TPSA) is 76.3 Å². The number of alkyl halides is 3. The van der Waals surface area contributed by atoms with Crippen molar-refractivity contribution in [1.29, 1.82) is 0 Å². The number of aromatic amines is 1. The molecule has 10 heteroatoms. The third-order valence-electron chi connectivity index (χ3n) is 3.99. The number of hydrogen-bond donors (Lipinski definition) is 1. The van der Waals surface area contributed by atoms with Gasteiger partial charge in [-0.05, 0) is 35.9 Å². The highest BCUT2D eigenvalue weighted by Gasteiger charge is 2.64. The van der Waals surface area contributed by atoms with E-state index in [2.05, 4.69) is 10.1 Å². The average molecular weight is 402 g/mol. The van der Waals surface area contributed by atoms with Crippen LogP contribution < -0.4 is 22.1 Å². The van der Waals surface area contributed by atoms with Crippen LogP contribution in [0.1, 0.15) is 22.5 Å². The summed E-state index contributed by atoms with van der Waals surface area (Å²) in [6.45, 7) is 0. The maximum atomic E-state index is 13.5. The zero-order chi connectivity index (χ0) is 18.9. The number of nitrogens with one attached hydrogen (secondary N) is 1. The van der Waals surface area contributed by atoms with Crippen molar-refractivity contribution in [3.05, 3.63) is 59.9 Å². The predicted octanol–water partition coefficient (Wildman–Crippen LogP) is -0.986. The normalized spacial score (nSPS) is 19.3. The van der Waals surface area contributed by atoms with E-state index in [1.165, 1.54) is 37.6 Å². The van der Waals surface area contributed by atoms with Crippen LogP contribution in [0.4, 0.5) is 13.2 Å². The number of nitrogens with zero attached hydrogens (tertiary/aromatic N) is 2. The van der Waals surface area contributed by atoms with Gasteiger partial charge >= 0.3 is 12.1 Å². The van der Waals surface area contributed by atoms with Crippen LogP contribution in [0.15, 0.2) is 53.8 Å². The Morgan fingerprint density at radius 1 is 1.26 bits per heavy atom. The molecule has 3 rings (SSSR count). The molecule has 1 unspecified atom stereocenters. The van der Waals surface area contributed by atoms with E-state index in [-0.39, 0.29) is 28.8 Å². The van der Waals surface area contributed by atoms with Crippen molar-refractivity contribution in [1.82, 2.24) is 5.01 Å². The maximum Gasteiger partial charge on any atom is 0.438 e. The number of hydrogen-bond acceptors (Lipinski definition) is 4. The fourth-order valence-electron chi connectivity index (χ4n) is 2.56. The fraction of sp³-hybridized carbons (Fsp3) is 0.235. The van der Waals surface area contributed by atoms with Crippen molar-refractivity contribution in [2.24, 2.45) is 5.10 Å². The Kier molecular flexibility index (Phi) is 5.76. The Hall–Kier alpha value is -2.65. The van der Waals surface area contributed by atoms with Gasteiger partial charge in [-0.1, -0.05) is 0 Å². The molecule has 27 heavy (non-hydrogen) atoms. The van der Waals surface area contributed by atoms with Crippen LogP contribution in [-0.2, 0) is 0 Å². The molecule has 2 heterocycles. The van der Waals surface area contributed by atoms with Crippen LogP contribution in [0.2, 0.25) is 0 Å². The molecule has 6 nitrogen and oxygen atoms in total. The first kappa shape index (κ1) is 20.7. The number of aliphatic hydroxyl groups is 1. The molecule has 0 radical (unpaired) electrons. The Balaban J connectivity index is 0.00000261. The number of pyridine rings is 1. The molecule has 2 N–H and O–H groups in total. The van der Waals surface area contributed by atoms with Gasteiger partial charge in [0.05, 0.1) is 19.2 Å². The Morgan fingerprint density at radius 2 is 1.93 bits per heavy atom. The quantitative estimate of drug-likeness (QED) is 0.718. The Bertz CT molecular complexity index is 844. The third kappa shape index (κ3) is 3.74. The summed E-state index contributed by atoms with van der Waals surface area (Å²) in [5, 5.41) is 14.1.